The molecule has 0 aromatic heterocycles. The molecule has 0 bridgehead atoms. The van der Waals surface area contributed by atoms with Crippen molar-refractivity contribution in [3.63, 3.8) is 0 Å². The SMILES string of the molecule is C=C(C)C1CC[C@]2([CH2-])CCC3(C)C(CCC4[C@@]5(C)CCC(O)C(C)(C)C5CC[C@]43C)C12.[O]=[Rh]. The van der Waals surface area contributed by atoms with Gasteiger partial charge in [0.1, 0.15) is 0 Å². The second-order valence-corrected chi connectivity index (χ2v) is 14.4. The van der Waals surface area contributed by atoms with E-state index in [1.807, 2.05) is 0 Å². The van der Waals surface area contributed by atoms with E-state index in [0.29, 0.717) is 33.5 Å². The van der Waals surface area contributed by atoms with Crippen LogP contribution in [0.4, 0.5) is 0 Å². The number of aliphatic hydroxyl groups excluding tert-OH is 1. The molecule has 0 aromatic carbocycles. The van der Waals surface area contributed by atoms with Gasteiger partial charge in [0.15, 0.2) is 0 Å². The number of fused-ring (bicyclic) bond motifs is 7. The van der Waals surface area contributed by atoms with Gasteiger partial charge in [0.25, 0.3) is 0 Å². The molecule has 33 heavy (non-hydrogen) atoms. The summed E-state index contributed by atoms with van der Waals surface area (Å²) in [4.78, 5) is 0. The first kappa shape index (κ1) is 26.2. The molecular weight excluding hydrogens is 495 g/mol. The van der Waals surface area contributed by atoms with E-state index < -0.39 is 0 Å². The summed E-state index contributed by atoms with van der Waals surface area (Å²) in [6.07, 6.45) is 12.9. The Hall–Kier alpha value is 0.123. The second-order valence-electron chi connectivity index (χ2n) is 14.4. The van der Waals surface area contributed by atoms with Crippen molar-refractivity contribution in [2.24, 2.45) is 56.7 Å². The van der Waals surface area contributed by atoms with Crippen LogP contribution in [0.5, 0.6) is 0 Å². The van der Waals surface area contributed by atoms with Crippen LogP contribution in [0.3, 0.4) is 0 Å². The molecule has 5 aliphatic carbocycles. The summed E-state index contributed by atoms with van der Waals surface area (Å²) in [7, 11) is 0. The molecule has 0 radical (unpaired) electrons. The molecule has 0 aromatic rings. The van der Waals surface area contributed by atoms with Crippen molar-refractivity contribution in [3.8, 4) is 0 Å². The van der Waals surface area contributed by atoms with Crippen molar-refractivity contribution >= 4 is 0 Å². The summed E-state index contributed by atoms with van der Waals surface area (Å²) in [5.74, 6) is 3.71. The third-order valence-corrected chi connectivity index (χ3v) is 13.2. The van der Waals surface area contributed by atoms with Crippen LogP contribution in [-0.4, -0.2) is 11.2 Å². The fourth-order valence-corrected chi connectivity index (χ4v) is 11.3. The predicted octanol–water partition coefficient (Wildman–Crippen LogP) is 7.72. The van der Waals surface area contributed by atoms with Crippen LogP contribution < -0.4 is 0 Å². The molecule has 0 aliphatic heterocycles. The van der Waals surface area contributed by atoms with Gasteiger partial charge in [0.05, 0.1) is 6.10 Å². The molecule has 5 saturated carbocycles. The van der Waals surface area contributed by atoms with Gasteiger partial charge in [-0.1, -0.05) is 65.5 Å². The molecule has 5 aliphatic rings. The first-order valence-electron chi connectivity index (χ1n) is 13.6. The van der Waals surface area contributed by atoms with E-state index in [0.717, 1.165) is 24.2 Å². The molecule has 1 N–H and O–H groups in total. The zero-order chi connectivity index (χ0) is 24.6. The van der Waals surface area contributed by atoms with Crippen LogP contribution >= 0.6 is 0 Å². The summed E-state index contributed by atoms with van der Waals surface area (Å²) in [5, 5.41) is 10.9. The van der Waals surface area contributed by atoms with E-state index in [9.17, 15) is 5.11 Å². The minimum atomic E-state index is -0.127. The average molecular weight is 545 g/mol. The standard InChI is InChI=1S/C30H49O.O.Rh/c1-19(2)20-11-14-27(5)17-18-29(7)21(25(20)27)9-10-23-28(6)15-13-24(31)26(3,4)22(28)12-16-30(23,29)8;;/h20-25,31H,1,5,9-18H2,2-4,6-8H3;;/q-1;;/t20?,21?,22?,23?,24?,25?,27-,28+,29?,30-;;/m1../s1. The first-order valence-corrected chi connectivity index (χ1v) is 14.3. The number of allylic oxidation sites excluding steroid dienone is 1. The Bertz CT molecular complexity index is 792. The van der Waals surface area contributed by atoms with Gasteiger partial charge in [-0.3, -0.25) is 0 Å². The third kappa shape index (κ3) is 3.36. The molecule has 0 amide bonds. The van der Waals surface area contributed by atoms with Gasteiger partial charge in [-0.15, -0.1) is 0 Å². The van der Waals surface area contributed by atoms with Gasteiger partial charge in [0.2, 0.25) is 0 Å². The van der Waals surface area contributed by atoms with Gasteiger partial charge >= 0.3 is 21.8 Å². The van der Waals surface area contributed by atoms with Gasteiger partial charge < -0.3 is 12.0 Å². The van der Waals surface area contributed by atoms with Crippen LogP contribution in [0.1, 0.15) is 106 Å². The van der Waals surface area contributed by atoms with Gasteiger partial charge in [-0.25, -0.2) is 0 Å². The molecule has 3 heteroatoms. The van der Waals surface area contributed by atoms with Crippen LogP contribution in [0, 0.1) is 63.6 Å². The predicted molar refractivity (Wildman–Crippen MR) is 131 cm³/mol. The van der Waals surface area contributed by atoms with E-state index in [2.05, 4.69) is 48.1 Å². The van der Waals surface area contributed by atoms with Crippen molar-refractivity contribution in [2.45, 2.75) is 112 Å². The Balaban J connectivity index is 0.00000126. The average Bonchev–Trinajstić information content (AvgIpc) is 3.11. The van der Waals surface area contributed by atoms with Gasteiger partial charge in [-0.05, 0) is 104 Å². The second kappa shape index (κ2) is 8.33. The van der Waals surface area contributed by atoms with E-state index in [1.54, 1.807) is 0 Å². The van der Waals surface area contributed by atoms with E-state index >= 15 is 0 Å². The van der Waals surface area contributed by atoms with Gasteiger partial charge in [-0.2, -0.15) is 5.41 Å². The molecule has 0 spiro atoms. The van der Waals surface area contributed by atoms with Crippen LogP contribution in [-0.2, 0) is 21.8 Å². The van der Waals surface area contributed by atoms with Crippen molar-refractivity contribution < 1.29 is 26.9 Å². The molecule has 10 atom stereocenters. The fraction of sp³-hybridized carbons (Fsp3) is 0.900. The minimum absolute atomic E-state index is 0.0532. The summed E-state index contributed by atoms with van der Waals surface area (Å²) >= 11 is 1.30. The molecule has 0 saturated heterocycles. The van der Waals surface area contributed by atoms with E-state index in [1.165, 1.54) is 81.6 Å². The molecule has 5 fully saturated rings. The van der Waals surface area contributed by atoms with E-state index in [-0.39, 0.29) is 11.5 Å². The normalized spacial score (nSPS) is 54.6. The van der Waals surface area contributed by atoms with Crippen LogP contribution in [0.25, 0.3) is 0 Å². The Labute approximate surface area is 214 Å². The molecule has 2 nitrogen and oxygen atoms in total. The topological polar surface area (TPSA) is 37.3 Å². The Morgan fingerprint density at radius 3 is 2.15 bits per heavy atom. The quantitative estimate of drug-likeness (QED) is 0.209. The summed E-state index contributed by atoms with van der Waals surface area (Å²) in [6, 6.07) is 0. The number of rotatable bonds is 1. The van der Waals surface area contributed by atoms with E-state index in [4.69, 9.17) is 10.5 Å². The van der Waals surface area contributed by atoms with Crippen molar-refractivity contribution in [1.29, 1.82) is 0 Å². The Morgan fingerprint density at radius 1 is 0.848 bits per heavy atom. The van der Waals surface area contributed by atoms with Crippen molar-refractivity contribution in [2.75, 3.05) is 0 Å². The van der Waals surface area contributed by atoms with Crippen molar-refractivity contribution in [3.05, 3.63) is 19.1 Å². The maximum absolute atomic E-state index is 10.9. The third-order valence-electron chi connectivity index (χ3n) is 13.2. The number of hydrogen-bond donors (Lipinski definition) is 1. The summed E-state index contributed by atoms with van der Waals surface area (Å²) in [5.41, 5.74) is 3.00. The summed E-state index contributed by atoms with van der Waals surface area (Å²) < 4.78 is 8.14. The van der Waals surface area contributed by atoms with Crippen LogP contribution in [0.2, 0.25) is 0 Å². The molecule has 7 unspecified atom stereocenters. The molecular formula is C30H49O2Rh-. The Kier molecular flexibility index (Phi) is 6.61. The maximum atomic E-state index is 10.9. The Morgan fingerprint density at radius 2 is 1.52 bits per heavy atom. The van der Waals surface area contributed by atoms with Gasteiger partial charge in [0, 0.05) is 0 Å². The molecule has 5 rings (SSSR count). The number of aliphatic hydroxyl groups is 1. The monoisotopic (exact) mass is 544 g/mol. The fourth-order valence-electron chi connectivity index (χ4n) is 11.3. The van der Waals surface area contributed by atoms with Crippen molar-refractivity contribution in [1.82, 2.24) is 0 Å². The first-order chi connectivity index (χ1) is 15.3. The zero-order valence-electron chi connectivity index (χ0n) is 22.1. The molecule has 0 heterocycles. The zero-order valence-corrected chi connectivity index (χ0v) is 23.8. The van der Waals surface area contributed by atoms with Crippen LogP contribution in [0.15, 0.2) is 12.2 Å². The molecule has 191 valence electrons. The summed E-state index contributed by atoms with van der Waals surface area (Å²) in [6.45, 7) is 24.4. The number of hydrogen-bond acceptors (Lipinski definition) is 2.